The van der Waals surface area contributed by atoms with Gasteiger partial charge in [-0.2, -0.15) is 13.2 Å². The number of hydrogen-bond donors (Lipinski definition) is 1. The normalized spacial score (nSPS) is 17.8. The standard InChI is InChI=1S/C10H7F3O3S/c11-10(12,13)7-1-2-9-6(3-7)4-8(5-14)17(9,15)16/h1-4,14H,5H2. The predicted molar refractivity (Wildman–Crippen MR) is 53.7 cm³/mol. The Bertz CT molecular complexity index is 600. The third-order valence-electron chi connectivity index (χ3n) is 2.44. The Kier molecular flexibility index (Phi) is 2.55. The third kappa shape index (κ3) is 1.85. The number of hydrogen-bond acceptors (Lipinski definition) is 3. The van der Waals surface area contributed by atoms with Gasteiger partial charge in [0.15, 0.2) is 0 Å². The second-order valence-corrected chi connectivity index (χ2v) is 5.49. The fraction of sp³-hybridized carbons (Fsp3) is 0.200. The van der Waals surface area contributed by atoms with E-state index in [1.807, 2.05) is 0 Å². The molecule has 0 spiro atoms. The second-order valence-electron chi connectivity index (χ2n) is 3.52. The van der Waals surface area contributed by atoms with Crippen molar-refractivity contribution in [1.29, 1.82) is 0 Å². The molecule has 0 fully saturated rings. The number of aliphatic hydroxyl groups excluding tert-OH is 1. The molecular formula is C10H7F3O3S. The van der Waals surface area contributed by atoms with Crippen LogP contribution in [0, 0.1) is 0 Å². The predicted octanol–water partition coefficient (Wildman–Crippen LogP) is 1.83. The quantitative estimate of drug-likeness (QED) is 0.841. The highest BCUT2D eigenvalue weighted by Gasteiger charge is 2.34. The molecule has 7 heteroatoms. The molecule has 92 valence electrons. The first-order chi connectivity index (χ1) is 7.76. The van der Waals surface area contributed by atoms with E-state index in [-0.39, 0.29) is 15.4 Å². The van der Waals surface area contributed by atoms with Crippen LogP contribution in [-0.2, 0) is 16.0 Å². The minimum Gasteiger partial charge on any atom is -0.391 e. The van der Waals surface area contributed by atoms with E-state index in [0.29, 0.717) is 6.07 Å². The zero-order valence-electron chi connectivity index (χ0n) is 8.32. The number of sulfone groups is 1. The van der Waals surface area contributed by atoms with Crippen LogP contribution in [0.5, 0.6) is 0 Å². The fourth-order valence-corrected chi connectivity index (χ4v) is 3.02. The average molecular weight is 264 g/mol. The van der Waals surface area contributed by atoms with E-state index in [4.69, 9.17) is 5.11 Å². The van der Waals surface area contributed by atoms with Gasteiger partial charge < -0.3 is 5.11 Å². The van der Waals surface area contributed by atoms with Gasteiger partial charge in [0, 0.05) is 0 Å². The Morgan fingerprint density at radius 2 is 1.88 bits per heavy atom. The van der Waals surface area contributed by atoms with Gasteiger partial charge in [0.05, 0.1) is 22.0 Å². The van der Waals surface area contributed by atoms with Crippen molar-refractivity contribution < 1.29 is 26.7 Å². The van der Waals surface area contributed by atoms with Crippen molar-refractivity contribution in [3.05, 3.63) is 34.2 Å². The zero-order valence-corrected chi connectivity index (χ0v) is 9.14. The summed E-state index contributed by atoms with van der Waals surface area (Å²) in [6.07, 6.45) is -3.46. The Morgan fingerprint density at radius 3 is 2.41 bits per heavy atom. The summed E-state index contributed by atoms with van der Waals surface area (Å²) in [5, 5.41) is 8.83. The zero-order chi connectivity index (χ0) is 12.8. The molecule has 0 saturated carbocycles. The van der Waals surface area contributed by atoms with Crippen molar-refractivity contribution >= 4 is 15.9 Å². The van der Waals surface area contributed by atoms with Crippen molar-refractivity contribution in [2.45, 2.75) is 11.1 Å². The summed E-state index contributed by atoms with van der Waals surface area (Å²) in [5.41, 5.74) is -0.953. The summed E-state index contributed by atoms with van der Waals surface area (Å²) in [4.78, 5) is -0.485. The topological polar surface area (TPSA) is 54.4 Å². The molecule has 1 aromatic rings. The number of fused-ring (bicyclic) bond motifs is 1. The lowest BCUT2D eigenvalue weighted by molar-refractivity contribution is -0.137. The van der Waals surface area contributed by atoms with E-state index in [1.165, 1.54) is 0 Å². The van der Waals surface area contributed by atoms with Gasteiger partial charge in [-0.1, -0.05) is 0 Å². The fourth-order valence-electron chi connectivity index (χ4n) is 1.61. The summed E-state index contributed by atoms with van der Waals surface area (Å²) < 4.78 is 60.6. The van der Waals surface area contributed by atoms with Crippen LogP contribution in [0.15, 0.2) is 28.0 Å². The molecule has 1 N–H and O–H groups in total. The lowest BCUT2D eigenvalue weighted by atomic mass is 10.1. The molecule has 2 rings (SSSR count). The van der Waals surface area contributed by atoms with E-state index in [9.17, 15) is 21.6 Å². The molecule has 0 radical (unpaired) electrons. The molecule has 17 heavy (non-hydrogen) atoms. The Morgan fingerprint density at radius 1 is 1.24 bits per heavy atom. The number of rotatable bonds is 1. The van der Waals surface area contributed by atoms with Crippen molar-refractivity contribution in [2.24, 2.45) is 0 Å². The van der Waals surface area contributed by atoms with Gasteiger partial charge in [-0.25, -0.2) is 8.42 Å². The second kappa shape index (κ2) is 3.58. The Balaban J connectivity index is 2.62. The largest absolute Gasteiger partial charge is 0.416 e. The SMILES string of the molecule is O=S1(=O)C(CO)=Cc2cc(C(F)(F)F)ccc21. The molecule has 0 saturated heterocycles. The van der Waals surface area contributed by atoms with E-state index < -0.39 is 28.2 Å². The summed E-state index contributed by atoms with van der Waals surface area (Å²) in [6.45, 7) is -0.724. The molecule has 3 nitrogen and oxygen atoms in total. The molecule has 0 aromatic heterocycles. The lowest BCUT2D eigenvalue weighted by Gasteiger charge is -2.07. The molecule has 1 aliphatic rings. The summed E-state index contributed by atoms with van der Waals surface area (Å²) >= 11 is 0. The minimum atomic E-state index is -4.52. The van der Waals surface area contributed by atoms with E-state index >= 15 is 0 Å². The molecule has 1 aromatic carbocycles. The van der Waals surface area contributed by atoms with Gasteiger partial charge in [0.25, 0.3) is 0 Å². The van der Waals surface area contributed by atoms with E-state index in [0.717, 1.165) is 18.2 Å². The summed E-state index contributed by atoms with van der Waals surface area (Å²) in [5.74, 6) is 0. The van der Waals surface area contributed by atoms with Crippen LogP contribution in [0.2, 0.25) is 0 Å². The van der Waals surface area contributed by atoms with Crippen molar-refractivity contribution in [1.82, 2.24) is 0 Å². The Hall–Kier alpha value is -1.34. The number of benzene rings is 1. The summed E-state index contributed by atoms with van der Waals surface area (Å²) in [7, 11) is -3.81. The van der Waals surface area contributed by atoms with Gasteiger partial charge in [-0.15, -0.1) is 0 Å². The van der Waals surface area contributed by atoms with Crippen LogP contribution in [0.4, 0.5) is 13.2 Å². The highest BCUT2D eigenvalue weighted by atomic mass is 32.2. The van der Waals surface area contributed by atoms with Gasteiger partial charge in [-0.3, -0.25) is 0 Å². The first-order valence-corrected chi connectivity index (χ1v) is 6.03. The third-order valence-corrected chi connectivity index (χ3v) is 4.33. The average Bonchev–Trinajstić information content (AvgIpc) is 2.48. The first-order valence-electron chi connectivity index (χ1n) is 4.54. The molecule has 1 heterocycles. The van der Waals surface area contributed by atoms with Crippen molar-refractivity contribution in [3.8, 4) is 0 Å². The maximum atomic E-state index is 12.4. The minimum absolute atomic E-state index is 0.0381. The molecular weight excluding hydrogens is 257 g/mol. The smallest absolute Gasteiger partial charge is 0.391 e. The molecule has 0 bridgehead atoms. The van der Waals surface area contributed by atoms with E-state index in [2.05, 4.69) is 0 Å². The maximum Gasteiger partial charge on any atom is 0.416 e. The van der Waals surface area contributed by atoms with Crippen LogP contribution in [-0.4, -0.2) is 20.1 Å². The summed E-state index contributed by atoms with van der Waals surface area (Å²) in [6, 6.07) is 2.38. The van der Waals surface area contributed by atoms with Crippen LogP contribution in [0.3, 0.4) is 0 Å². The van der Waals surface area contributed by atoms with Crippen LogP contribution in [0.25, 0.3) is 6.08 Å². The highest BCUT2D eigenvalue weighted by molar-refractivity contribution is 7.95. The van der Waals surface area contributed by atoms with Crippen LogP contribution >= 0.6 is 0 Å². The number of aliphatic hydroxyl groups is 1. The number of halogens is 3. The molecule has 0 unspecified atom stereocenters. The maximum absolute atomic E-state index is 12.4. The number of alkyl halides is 3. The van der Waals surface area contributed by atoms with Crippen LogP contribution < -0.4 is 0 Å². The first kappa shape index (κ1) is 12.1. The van der Waals surface area contributed by atoms with Gasteiger partial charge in [0.1, 0.15) is 0 Å². The monoisotopic (exact) mass is 264 g/mol. The van der Waals surface area contributed by atoms with Gasteiger partial charge in [-0.05, 0) is 29.8 Å². The molecule has 0 amide bonds. The van der Waals surface area contributed by atoms with E-state index in [1.54, 1.807) is 0 Å². The van der Waals surface area contributed by atoms with Crippen molar-refractivity contribution in [3.63, 3.8) is 0 Å². The van der Waals surface area contributed by atoms with Crippen molar-refractivity contribution in [2.75, 3.05) is 6.61 Å². The molecule has 0 atom stereocenters. The van der Waals surface area contributed by atoms with Gasteiger partial charge >= 0.3 is 6.18 Å². The Labute approximate surface area is 95.1 Å². The highest BCUT2D eigenvalue weighted by Crippen LogP contribution is 2.37. The van der Waals surface area contributed by atoms with Gasteiger partial charge in [0.2, 0.25) is 9.84 Å². The lowest BCUT2D eigenvalue weighted by Crippen LogP contribution is -2.07. The molecule has 0 aliphatic carbocycles. The van der Waals surface area contributed by atoms with Crippen LogP contribution in [0.1, 0.15) is 11.1 Å². The molecule has 1 aliphatic heterocycles.